The molecule has 1 saturated carbocycles. The van der Waals surface area contributed by atoms with Crippen LogP contribution in [-0.2, 0) is 11.2 Å². The lowest BCUT2D eigenvalue weighted by molar-refractivity contribution is -0.121. The predicted octanol–water partition coefficient (Wildman–Crippen LogP) is 1.57. The van der Waals surface area contributed by atoms with Gasteiger partial charge in [-0.25, -0.2) is 0 Å². The van der Waals surface area contributed by atoms with E-state index in [4.69, 9.17) is 10.9 Å². The predicted molar refractivity (Wildman–Crippen MR) is 77.6 cm³/mol. The summed E-state index contributed by atoms with van der Waals surface area (Å²) in [6, 6.07) is 7.90. The number of nitrogens with zero attached hydrogens (tertiary/aromatic N) is 1. The van der Waals surface area contributed by atoms with Gasteiger partial charge in [-0.2, -0.15) is 0 Å². The van der Waals surface area contributed by atoms with Crippen LogP contribution < -0.4 is 11.1 Å². The van der Waals surface area contributed by atoms with E-state index in [-0.39, 0.29) is 23.7 Å². The maximum Gasteiger partial charge on any atom is 0.224 e. The molecule has 4 N–H and O–H groups in total. The van der Waals surface area contributed by atoms with Crippen LogP contribution in [0.4, 0.5) is 0 Å². The van der Waals surface area contributed by atoms with Crippen molar-refractivity contribution in [2.45, 2.75) is 38.6 Å². The lowest BCUT2D eigenvalue weighted by atomic mass is 10.0. The summed E-state index contributed by atoms with van der Waals surface area (Å²) in [5, 5.41) is 14.8. The number of hydrogen-bond donors (Lipinski definition) is 3. The van der Waals surface area contributed by atoms with Crippen molar-refractivity contribution in [2.24, 2.45) is 16.8 Å². The summed E-state index contributed by atoms with van der Waals surface area (Å²) >= 11 is 0. The fourth-order valence-electron chi connectivity index (χ4n) is 2.71. The Morgan fingerprint density at radius 3 is 2.75 bits per heavy atom. The maximum atomic E-state index is 12.1. The average molecular weight is 275 g/mol. The van der Waals surface area contributed by atoms with Crippen molar-refractivity contribution < 1.29 is 10.0 Å². The largest absolute Gasteiger partial charge is 0.409 e. The van der Waals surface area contributed by atoms with Crippen LogP contribution in [0, 0.1) is 12.8 Å². The van der Waals surface area contributed by atoms with Gasteiger partial charge in [0, 0.05) is 12.0 Å². The molecule has 0 spiro atoms. The Morgan fingerprint density at radius 1 is 1.40 bits per heavy atom. The molecule has 20 heavy (non-hydrogen) atoms. The molecule has 5 heteroatoms. The second-order valence-corrected chi connectivity index (χ2v) is 5.40. The molecule has 1 aromatic rings. The van der Waals surface area contributed by atoms with Gasteiger partial charge in [0.2, 0.25) is 5.91 Å². The number of amides is 1. The number of hydrogen-bond acceptors (Lipinski definition) is 3. The smallest absolute Gasteiger partial charge is 0.224 e. The standard InChI is InChI=1S/C15H21N3O2/c1-10-5-7-11(8-6-10)9-14(19)17-13-4-2-3-12(13)15(16)18-20/h5-8,12-13,20H,2-4,9H2,1H3,(H2,16,18)(H,17,19). The fourth-order valence-corrected chi connectivity index (χ4v) is 2.71. The van der Waals surface area contributed by atoms with Crippen molar-refractivity contribution in [1.82, 2.24) is 5.32 Å². The van der Waals surface area contributed by atoms with Gasteiger partial charge in [0.05, 0.1) is 6.42 Å². The van der Waals surface area contributed by atoms with Gasteiger partial charge >= 0.3 is 0 Å². The Bertz CT molecular complexity index is 496. The number of oxime groups is 1. The summed E-state index contributed by atoms with van der Waals surface area (Å²) in [4.78, 5) is 12.1. The Hall–Kier alpha value is -2.04. The van der Waals surface area contributed by atoms with Crippen molar-refractivity contribution in [2.75, 3.05) is 0 Å². The molecule has 1 aliphatic carbocycles. The number of amidine groups is 1. The van der Waals surface area contributed by atoms with Crippen LogP contribution >= 0.6 is 0 Å². The van der Waals surface area contributed by atoms with Gasteiger partial charge in [0.15, 0.2) is 0 Å². The first kappa shape index (κ1) is 14.4. The summed E-state index contributed by atoms with van der Waals surface area (Å²) in [6.45, 7) is 2.02. The Kier molecular flexibility index (Phi) is 4.61. The van der Waals surface area contributed by atoms with Crippen molar-refractivity contribution >= 4 is 11.7 Å². The zero-order valence-electron chi connectivity index (χ0n) is 11.7. The molecule has 0 radical (unpaired) electrons. The molecule has 0 heterocycles. The highest BCUT2D eigenvalue weighted by atomic mass is 16.4. The Balaban J connectivity index is 1.92. The van der Waals surface area contributed by atoms with E-state index in [1.807, 2.05) is 31.2 Å². The SMILES string of the molecule is Cc1ccc(CC(=O)NC2CCCC2C(N)=NO)cc1. The molecule has 2 atom stereocenters. The molecule has 1 amide bonds. The lowest BCUT2D eigenvalue weighted by Crippen LogP contribution is -2.43. The monoisotopic (exact) mass is 275 g/mol. The lowest BCUT2D eigenvalue weighted by Gasteiger charge is -2.19. The van der Waals surface area contributed by atoms with Crippen molar-refractivity contribution in [1.29, 1.82) is 0 Å². The van der Waals surface area contributed by atoms with E-state index < -0.39 is 0 Å². The van der Waals surface area contributed by atoms with Gasteiger partial charge < -0.3 is 16.3 Å². The molecule has 108 valence electrons. The van der Waals surface area contributed by atoms with Gasteiger partial charge in [0.1, 0.15) is 5.84 Å². The zero-order chi connectivity index (χ0) is 14.5. The second kappa shape index (κ2) is 6.41. The molecule has 1 fully saturated rings. The van der Waals surface area contributed by atoms with Gasteiger partial charge in [-0.3, -0.25) is 4.79 Å². The van der Waals surface area contributed by atoms with E-state index in [0.29, 0.717) is 6.42 Å². The van der Waals surface area contributed by atoms with Crippen molar-refractivity contribution in [3.8, 4) is 0 Å². The molecule has 0 aromatic heterocycles. The summed E-state index contributed by atoms with van der Waals surface area (Å²) in [5.74, 6) is 0.140. The van der Waals surface area contributed by atoms with Crippen LogP contribution in [0.25, 0.3) is 0 Å². The summed E-state index contributed by atoms with van der Waals surface area (Å²) in [5.41, 5.74) is 7.83. The second-order valence-electron chi connectivity index (χ2n) is 5.40. The van der Waals surface area contributed by atoms with Crippen molar-refractivity contribution in [3.63, 3.8) is 0 Å². The number of carbonyl (C=O) groups excluding carboxylic acids is 1. The van der Waals surface area contributed by atoms with E-state index >= 15 is 0 Å². The first-order chi connectivity index (χ1) is 9.60. The topological polar surface area (TPSA) is 87.7 Å². The number of nitrogens with one attached hydrogen (secondary N) is 1. The third kappa shape index (κ3) is 3.50. The fraction of sp³-hybridized carbons (Fsp3) is 0.467. The number of benzene rings is 1. The summed E-state index contributed by atoms with van der Waals surface area (Å²) in [7, 11) is 0. The molecular formula is C15H21N3O2. The van der Waals surface area contributed by atoms with E-state index in [1.165, 1.54) is 5.56 Å². The first-order valence-electron chi connectivity index (χ1n) is 6.92. The molecule has 1 aliphatic rings. The van der Waals surface area contributed by atoms with Crippen LogP contribution in [0.1, 0.15) is 30.4 Å². The molecule has 2 unspecified atom stereocenters. The molecule has 5 nitrogen and oxygen atoms in total. The van der Waals surface area contributed by atoms with Crippen LogP contribution in [0.3, 0.4) is 0 Å². The minimum Gasteiger partial charge on any atom is -0.409 e. The van der Waals surface area contributed by atoms with Crippen LogP contribution in [-0.4, -0.2) is 23.0 Å². The Labute approximate surface area is 118 Å². The van der Waals surface area contributed by atoms with Crippen LogP contribution in [0.5, 0.6) is 0 Å². The molecule has 0 bridgehead atoms. The van der Waals surface area contributed by atoms with E-state index in [2.05, 4.69) is 10.5 Å². The molecule has 0 saturated heterocycles. The normalized spacial score (nSPS) is 22.8. The molecular weight excluding hydrogens is 254 g/mol. The third-order valence-corrected chi connectivity index (χ3v) is 3.84. The van der Waals surface area contributed by atoms with E-state index in [1.54, 1.807) is 0 Å². The zero-order valence-corrected chi connectivity index (χ0v) is 11.7. The number of aryl methyl sites for hydroxylation is 1. The van der Waals surface area contributed by atoms with Gasteiger partial charge in [-0.05, 0) is 25.3 Å². The van der Waals surface area contributed by atoms with Crippen LogP contribution in [0.2, 0.25) is 0 Å². The number of nitrogens with two attached hydrogens (primary N) is 1. The Morgan fingerprint density at radius 2 is 2.10 bits per heavy atom. The molecule has 1 aromatic carbocycles. The maximum absolute atomic E-state index is 12.1. The van der Waals surface area contributed by atoms with Crippen LogP contribution in [0.15, 0.2) is 29.4 Å². The molecule has 2 rings (SSSR count). The number of carbonyl (C=O) groups is 1. The average Bonchev–Trinajstić information content (AvgIpc) is 2.88. The molecule has 0 aliphatic heterocycles. The van der Waals surface area contributed by atoms with Gasteiger partial charge in [-0.1, -0.05) is 41.4 Å². The van der Waals surface area contributed by atoms with Gasteiger partial charge in [0.25, 0.3) is 0 Å². The quantitative estimate of drug-likeness (QED) is 0.337. The van der Waals surface area contributed by atoms with Gasteiger partial charge in [-0.15, -0.1) is 0 Å². The van der Waals surface area contributed by atoms with E-state index in [9.17, 15) is 4.79 Å². The highest BCUT2D eigenvalue weighted by Gasteiger charge is 2.31. The number of rotatable bonds is 4. The van der Waals surface area contributed by atoms with E-state index in [0.717, 1.165) is 24.8 Å². The summed E-state index contributed by atoms with van der Waals surface area (Å²) in [6.07, 6.45) is 3.07. The minimum atomic E-state index is -0.0537. The highest BCUT2D eigenvalue weighted by Crippen LogP contribution is 2.25. The summed E-state index contributed by atoms with van der Waals surface area (Å²) < 4.78 is 0. The first-order valence-corrected chi connectivity index (χ1v) is 6.92. The van der Waals surface area contributed by atoms with Crippen molar-refractivity contribution in [3.05, 3.63) is 35.4 Å². The third-order valence-electron chi connectivity index (χ3n) is 3.84. The highest BCUT2D eigenvalue weighted by molar-refractivity contribution is 5.85. The minimum absolute atomic E-state index is 0.0171.